The SMILES string of the molecule is Cc1ccc(/C(C#N)=C/c2cc(Cl)ccc2OCc2cccc3ccccc23)cc1. The van der Waals surface area contributed by atoms with Gasteiger partial charge in [0.25, 0.3) is 0 Å². The van der Waals surface area contributed by atoms with Gasteiger partial charge in [0.1, 0.15) is 12.4 Å². The highest BCUT2D eigenvalue weighted by Gasteiger charge is 2.08. The Bertz CT molecular complexity index is 1260. The van der Waals surface area contributed by atoms with Gasteiger partial charge < -0.3 is 4.74 Å². The second-order valence-electron chi connectivity index (χ2n) is 7.14. The average molecular weight is 410 g/mol. The van der Waals surface area contributed by atoms with Crippen molar-refractivity contribution in [2.24, 2.45) is 0 Å². The molecule has 30 heavy (non-hydrogen) atoms. The number of halogens is 1. The monoisotopic (exact) mass is 409 g/mol. The summed E-state index contributed by atoms with van der Waals surface area (Å²) >= 11 is 6.24. The molecule has 0 aliphatic carbocycles. The van der Waals surface area contributed by atoms with Gasteiger partial charge in [-0.2, -0.15) is 5.26 Å². The lowest BCUT2D eigenvalue weighted by Crippen LogP contribution is -1.98. The Morgan fingerprint density at radius 2 is 1.73 bits per heavy atom. The minimum atomic E-state index is 0.427. The molecule has 3 heteroatoms. The molecule has 0 saturated heterocycles. The van der Waals surface area contributed by atoms with Crippen LogP contribution in [0.3, 0.4) is 0 Å². The van der Waals surface area contributed by atoms with Crippen molar-refractivity contribution >= 4 is 34.0 Å². The molecule has 0 aliphatic heterocycles. The number of ether oxygens (including phenoxy) is 1. The Labute approximate surface area is 181 Å². The molecule has 0 radical (unpaired) electrons. The van der Waals surface area contributed by atoms with Crippen LogP contribution in [0.15, 0.2) is 84.9 Å². The van der Waals surface area contributed by atoms with Crippen molar-refractivity contribution in [3.63, 3.8) is 0 Å². The summed E-state index contributed by atoms with van der Waals surface area (Å²) in [5.74, 6) is 0.687. The highest BCUT2D eigenvalue weighted by Crippen LogP contribution is 2.29. The first-order valence-corrected chi connectivity index (χ1v) is 10.1. The molecule has 0 bridgehead atoms. The van der Waals surface area contributed by atoms with E-state index in [0.717, 1.165) is 22.3 Å². The van der Waals surface area contributed by atoms with Gasteiger partial charge in [0.2, 0.25) is 0 Å². The van der Waals surface area contributed by atoms with Gasteiger partial charge in [-0.15, -0.1) is 0 Å². The van der Waals surface area contributed by atoms with E-state index in [1.54, 1.807) is 6.07 Å². The van der Waals surface area contributed by atoms with Gasteiger partial charge >= 0.3 is 0 Å². The Morgan fingerprint density at radius 1 is 0.967 bits per heavy atom. The average Bonchev–Trinajstić information content (AvgIpc) is 2.77. The Morgan fingerprint density at radius 3 is 2.53 bits per heavy atom. The standard InChI is InChI=1S/C27H20ClNO/c1-19-9-11-20(12-10-19)24(17-29)15-23-16-25(28)13-14-27(23)30-18-22-7-4-6-21-5-2-3-8-26(21)22/h2-16H,18H2,1H3/b24-15+. The predicted molar refractivity (Wildman–Crippen MR) is 124 cm³/mol. The number of fused-ring (bicyclic) bond motifs is 1. The third kappa shape index (κ3) is 4.38. The quantitative estimate of drug-likeness (QED) is 0.253. The summed E-state index contributed by atoms with van der Waals surface area (Å²) in [5, 5.41) is 12.7. The number of allylic oxidation sites excluding steroid dienone is 1. The molecule has 0 atom stereocenters. The number of hydrogen-bond acceptors (Lipinski definition) is 2. The summed E-state index contributed by atoms with van der Waals surface area (Å²) in [6.45, 7) is 2.45. The molecule has 0 amide bonds. The molecule has 2 nitrogen and oxygen atoms in total. The third-order valence-electron chi connectivity index (χ3n) is 5.02. The van der Waals surface area contributed by atoms with Crippen LogP contribution in [0.5, 0.6) is 5.75 Å². The van der Waals surface area contributed by atoms with E-state index in [0.29, 0.717) is 23.0 Å². The first-order valence-electron chi connectivity index (χ1n) is 9.72. The first kappa shape index (κ1) is 19.8. The van der Waals surface area contributed by atoms with E-state index in [9.17, 15) is 5.26 Å². The highest BCUT2D eigenvalue weighted by atomic mass is 35.5. The van der Waals surface area contributed by atoms with Gasteiger partial charge in [-0.05, 0) is 53.1 Å². The minimum absolute atomic E-state index is 0.427. The highest BCUT2D eigenvalue weighted by molar-refractivity contribution is 6.30. The fraction of sp³-hybridized carbons (Fsp3) is 0.0741. The van der Waals surface area contributed by atoms with Crippen molar-refractivity contribution < 1.29 is 4.74 Å². The van der Waals surface area contributed by atoms with Crippen LogP contribution in [0.4, 0.5) is 0 Å². The molecule has 4 aromatic rings. The molecule has 4 rings (SSSR count). The Hall–Kier alpha value is -3.54. The zero-order valence-electron chi connectivity index (χ0n) is 16.6. The van der Waals surface area contributed by atoms with Crippen LogP contribution in [0.2, 0.25) is 5.02 Å². The van der Waals surface area contributed by atoms with E-state index in [1.165, 1.54) is 10.8 Å². The summed E-state index contributed by atoms with van der Waals surface area (Å²) in [7, 11) is 0. The lowest BCUT2D eigenvalue weighted by molar-refractivity contribution is 0.307. The zero-order valence-corrected chi connectivity index (χ0v) is 17.4. The van der Waals surface area contributed by atoms with E-state index in [2.05, 4.69) is 30.3 Å². The van der Waals surface area contributed by atoms with E-state index in [1.807, 2.05) is 67.6 Å². The summed E-state index contributed by atoms with van der Waals surface area (Å²) < 4.78 is 6.17. The van der Waals surface area contributed by atoms with Crippen molar-refractivity contribution in [3.05, 3.63) is 112 Å². The molecule has 0 spiro atoms. The van der Waals surface area contributed by atoms with Crippen LogP contribution in [0, 0.1) is 18.3 Å². The van der Waals surface area contributed by atoms with Gasteiger partial charge in [-0.1, -0.05) is 83.9 Å². The predicted octanol–water partition coefficient (Wildman–Crippen LogP) is 7.44. The first-order chi connectivity index (χ1) is 14.6. The van der Waals surface area contributed by atoms with Crippen LogP contribution >= 0.6 is 11.6 Å². The topological polar surface area (TPSA) is 33.0 Å². The van der Waals surface area contributed by atoms with Gasteiger partial charge in [0, 0.05) is 10.6 Å². The number of rotatable bonds is 5. The second kappa shape index (κ2) is 8.86. The number of nitrogens with zero attached hydrogens (tertiary/aromatic N) is 1. The van der Waals surface area contributed by atoms with E-state index in [4.69, 9.17) is 16.3 Å². The molecule has 0 heterocycles. The molecule has 0 aromatic heterocycles. The fourth-order valence-corrected chi connectivity index (χ4v) is 3.59. The van der Waals surface area contributed by atoms with Gasteiger partial charge in [0.15, 0.2) is 0 Å². The molecular weight excluding hydrogens is 390 g/mol. The van der Waals surface area contributed by atoms with Crippen molar-refractivity contribution in [1.82, 2.24) is 0 Å². The van der Waals surface area contributed by atoms with Crippen molar-refractivity contribution in [3.8, 4) is 11.8 Å². The van der Waals surface area contributed by atoms with E-state index in [-0.39, 0.29) is 0 Å². The van der Waals surface area contributed by atoms with Crippen LogP contribution < -0.4 is 4.74 Å². The molecule has 146 valence electrons. The lowest BCUT2D eigenvalue weighted by Gasteiger charge is -2.12. The van der Waals surface area contributed by atoms with Crippen molar-refractivity contribution in [2.45, 2.75) is 13.5 Å². The van der Waals surface area contributed by atoms with Crippen molar-refractivity contribution in [2.75, 3.05) is 0 Å². The largest absolute Gasteiger partial charge is 0.488 e. The van der Waals surface area contributed by atoms with E-state index < -0.39 is 0 Å². The van der Waals surface area contributed by atoms with Crippen LogP contribution in [-0.2, 0) is 6.61 Å². The maximum atomic E-state index is 9.70. The summed E-state index contributed by atoms with van der Waals surface area (Å²) in [6, 6.07) is 30.1. The van der Waals surface area contributed by atoms with Crippen LogP contribution in [-0.4, -0.2) is 0 Å². The van der Waals surface area contributed by atoms with E-state index >= 15 is 0 Å². The molecule has 0 aliphatic rings. The zero-order chi connectivity index (χ0) is 20.9. The third-order valence-corrected chi connectivity index (χ3v) is 5.25. The molecule has 0 unspecified atom stereocenters. The Kier molecular flexibility index (Phi) is 5.84. The lowest BCUT2D eigenvalue weighted by atomic mass is 10.0. The number of benzene rings is 4. The van der Waals surface area contributed by atoms with Crippen molar-refractivity contribution in [1.29, 1.82) is 5.26 Å². The molecule has 0 fully saturated rings. The van der Waals surface area contributed by atoms with Gasteiger partial charge in [-0.3, -0.25) is 0 Å². The molecule has 0 saturated carbocycles. The summed E-state index contributed by atoms with van der Waals surface area (Å²) in [4.78, 5) is 0. The fourth-order valence-electron chi connectivity index (χ4n) is 3.41. The number of aryl methyl sites for hydroxylation is 1. The molecule has 0 N–H and O–H groups in total. The number of nitriles is 1. The maximum absolute atomic E-state index is 9.70. The molecular formula is C27H20ClNO. The normalized spacial score (nSPS) is 11.3. The van der Waals surface area contributed by atoms with Crippen LogP contribution in [0.1, 0.15) is 22.3 Å². The van der Waals surface area contributed by atoms with Gasteiger partial charge in [-0.25, -0.2) is 0 Å². The smallest absolute Gasteiger partial charge is 0.127 e. The second-order valence-corrected chi connectivity index (χ2v) is 7.58. The summed E-state index contributed by atoms with van der Waals surface area (Å²) in [6.07, 6.45) is 1.83. The number of hydrogen-bond donors (Lipinski definition) is 0. The minimum Gasteiger partial charge on any atom is -0.488 e. The Balaban J connectivity index is 1.66. The maximum Gasteiger partial charge on any atom is 0.127 e. The molecule has 4 aromatic carbocycles. The van der Waals surface area contributed by atoms with Gasteiger partial charge in [0.05, 0.1) is 11.6 Å². The summed E-state index contributed by atoms with van der Waals surface area (Å²) in [5.41, 5.74) is 4.46. The van der Waals surface area contributed by atoms with Crippen LogP contribution in [0.25, 0.3) is 22.4 Å².